The Bertz CT molecular complexity index is 284. The second-order valence-corrected chi connectivity index (χ2v) is 4.46. The number of allylic oxidation sites excluding steroid dienone is 1. The molecule has 0 saturated heterocycles. The van der Waals surface area contributed by atoms with E-state index < -0.39 is 0 Å². The van der Waals surface area contributed by atoms with E-state index in [0.29, 0.717) is 0 Å². The molecule has 0 bridgehead atoms. The van der Waals surface area contributed by atoms with Crippen molar-refractivity contribution < 1.29 is 0 Å². The first-order chi connectivity index (χ1) is 7.86. The van der Waals surface area contributed by atoms with Gasteiger partial charge >= 0.3 is 0 Å². The van der Waals surface area contributed by atoms with Crippen LogP contribution in [0.4, 0.5) is 0 Å². The van der Waals surface area contributed by atoms with Gasteiger partial charge in [0.05, 0.1) is 0 Å². The van der Waals surface area contributed by atoms with E-state index in [9.17, 15) is 0 Å². The largest absolute Gasteiger partial charge is 0.0808 e. The predicted molar refractivity (Wildman–Crippen MR) is 73.4 cm³/mol. The number of rotatable bonds is 7. The van der Waals surface area contributed by atoms with Crippen molar-refractivity contribution in [1.29, 1.82) is 0 Å². The molecule has 0 amide bonds. The van der Waals surface area contributed by atoms with E-state index in [0.717, 1.165) is 5.92 Å². The molecule has 0 heteroatoms. The van der Waals surface area contributed by atoms with Crippen LogP contribution >= 0.6 is 0 Å². The lowest BCUT2D eigenvalue weighted by Gasteiger charge is -2.10. The zero-order valence-electron chi connectivity index (χ0n) is 10.7. The van der Waals surface area contributed by atoms with Crippen LogP contribution in [0, 0.1) is 5.92 Å². The summed E-state index contributed by atoms with van der Waals surface area (Å²) < 4.78 is 0. The standard InChI is InChI=1S/C16H24/c1-3-5-10-15(9-4-2)13-14-16-11-7-6-8-12-16/h6-8,11-15H,3-5,9-10H2,1-2H3/t15-/m0/s1. The Labute approximate surface area is 100 Å². The summed E-state index contributed by atoms with van der Waals surface area (Å²) in [6.45, 7) is 4.54. The van der Waals surface area contributed by atoms with E-state index in [-0.39, 0.29) is 0 Å². The van der Waals surface area contributed by atoms with Gasteiger partial charge in [-0.25, -0.2) is 0 Å². The highest BCUT2D eigenvalue weighted by atomic mass is 14.1. The Hall–Kier alpha value is -1.04. The van der Waals surface area contributed by atoms with E-state index in [2.05, 4.69) is 56.3 Å². The summed E-state index contributed by atoms with van der Waals surface area (Å²) in [6, 6.07) is 10.6. The fourth-order valence-corrected chi connectivity index (χ4v) is 1.99. The zero-order valence-corrected chi connectivity index (χ0v) is 10.7. The second-order valence-electron chi connectivity index (χ2n) is 4.46. The van der Waals surface area contributed by atoms with Crippen LogP contribution in [0.15, 0.2) is 36.4 Å². The predicted octanol–water partition coefficient (Wildman–Crippen LogP) is 5.31. The average Bonchev–Trinajstić information content (AvgIpc) is 2.34. The maximum absolute atomic E-state index is 2.40. The zero-order chi connectivity index (χ0) is 11.6. The molecule has 0 heterocycles. The number of hydrogen-bond donors (Lipinski definition) is 0. The highest BCUT2D eigenvalue weighted by Crippen LogP contribution is 2.17. The van der Waals surface area contributed by atoms with Crippen LogP contribution in [0.1, 0.15) is 51.5 Å². The molecule has 16 heavy (non-hydrogen) atoms. The van der Waals surface area contributed by atoms with E-state index in [1.165, 1.54) is 37.7 Å². The van der Waals surface area contributed by atoms with E-state index in [4.69, 9.17) is 0 Å². The minimum atomic E-state index is 0.769. The highest BCUT2D eigenvalue weighted by Gasteiger charge is 2.02. The van der Waals surface area contributed by atoms with Crippen molar-refractivity contribution in [1.82, 2.24) is 0 Å². The molecule has 0 unspecified atom stereocenters. The Morgan fingerprint density at radius 1 is 1.00 bits per heavy atom. The topological polar surface area (TPSA) is 0 Å². The third kappa shape index (κ3) is 5.16. The van der Waals surface area contributed by atoms with Crippen LogP contribution in [0.3, 0.4) is 0 Å². The SMILES string of the molecule is CCCC[C@@H](C=Cc1ccccc1)CCC. The van der Waals surface area contributed by atoms with Gasteiger partial charge in [0.1, 0.15) is 0 Å². The number of benzene rings is 1. The van der Waals surface area contributed by atoms with E-state index in [1.807, 2.05) is 0 Å². The monoisotopic (exact) mass is 216 g/mol. The first-order valence-corrected chi connectivity index (χ1v) is 6.60. The fraction of sp³-hybridized carbons (Fsp3) is 0.500. The normalized spacial score (nSPS) is 13.1. The highest BCUT2D eigenvalue weighted by molar-refractivity contribution is 5.48. The van der Waals surface area contributed by atoms with E-state index in [1.54, 1.807) is 0 Å². The van der Waals surface area contributed by atoms with E-state index >= 15 is 0 Å². The van der Waals surface area contributed by atoms with Gasteiger partial charge in [-0.2, -0.15) is 0 Å². The van der Waals surface area contributed by atoms with Crippen molar-refractivity contribution in [2.24, 2.45) is 5.92 Å². The minimum absolute atomic E-state index is 0.769. The fourth-order valence-electron chi connectivity index (χ4n) is 1.99. The van der Waals surface area contributed by atoms with Crippen LogP contribution in [0.5, 0.6) is 0 Å². The van der Waals surface area contributed by atoms with Crippen molar-refractivity contribution in [2.75, 3.05) is 0 Å². The van der Waals surface area contributed by atoms with Gasteiger partial charge < -0.3 is 0 Å². The Kier molecular flexibility index (Phi) is 6.64. The van der Waals surface area contributed by atoms with Crippen molar-refractivity contribution in [3.8, 4) is 0 Å². The third-order valence-electron chi connectivity index (χ3n) is 2.95. The quantitative estimate of drug-likeness (QED) is 0.579. The molecule has 0 saturated carbocycles. The van der Waals surface area contributed by atoms with Gasteiger partial charge in [-0.15, -0.1) is 0 Å². The summed E-state index contributed by atoms with van der Waals surface area (Å²) in [6.07, 6.45) is 11.3. The molecule has 0 nitrogen and oxygen atoms in total. The van der Waals surface area contributed by atoms with Crippen molar-refractivity contribution in [3.05, 3.63) is 42.0 Å². The molecule has 0 aliphatic carbocycles. The van der Waals surface area contributed by atoms with Gasteiger partial charge in [0.2, 0.25) is 0 Å². The van der Waals surface area contributed by atoms with Gasteiger partial charge in [0.15, 0.2) is 0 Å². The average molecular weight is 216 g/mol. The summed E-state index contributed by atoms with van der Waals surface area (Å²) >= 11 is 0. The molecule has 0 aromatic heterocycles. The summed E-state index contributed by atoms with van der Waals surface area (Å²) in [5.74, 6) is 0.769. The van der Waals surface area contributed by atoms with Crippen molar-refractivity contribution >= 4 is 6.08 Å². The molecule has 1 aromatic rings. The lowest BCUT2D eigenvalue weighted by Crippen LogP contribution is -1.95. The van der Waals surface area contributed by atoms with Crippen LogP contribution in [0.25, 0.3) is 6.08 Å². The maximum Gasteiger partial charge on any atom is -0.0230 e. The Morgan fingerprint density at radius 3 is 2.38 bits per heavy atom. The number of unbranched alkanes of at least 4 members (excludes halogenated alkanes) is 1. The molecule has 0 aliphatic heterocycles. The lowest BCUT2D eigenvalue weighted by atomic mass is 9.96. The second kappa shape index (κ2) is 8.15. The van der Waals surface area contributed by atoms with Gasteiger partial charge in [-0.3, -0.25) is 0 Å². The molecular weight excluding hydrogens is 192 g/mol. The first kappa shape index (κ1) is 13.0. The third-order valence-corrected chi connectivity index (χ3v) is 2.95. The van der Waals surface area contributed by atoms with Crippen molar-refractivity contribution in [3.63, 3.8) is 0 Å². The van der Waals surface area contributed by atoms with Gasteiger partial charge in [-0.1, -0.05) is 75.6 Å². The summed E-state index contributed by atoms with van der Waals surface area (Å²) in [4.78, 5) is 0. The molecule has 0 N–H and O–H groups in total. The minimum Gasteiger partial charge on any atom is -0.0808 e. The maximum atomic E-state index is 2.40. The molecule has 0 spiro atoms. The van der Waals surface area contributed by atoms with Crippen LogP contribution in [0.2, 0.25) is 0 Å². The molecule has 88 valence electrons. The Balaban J connectivity index is 2.50. The molecule has 1 aromatic carbocycles. The lowest BCUT2D eigenvalue weighted by molar-refractivity contribution is 0.513. The van der Waals surface area contributed by atoms with Crippen molar-refractivity contribution in [2.45, 2.75) is 46.0 Å². The summed E-state index contributed by atoms with van der Waals surface area (Å²) in [5, 5.41) is 0. The molecule has 0 radical (unpaired) electrons. The van der Waals surface area contributed by atoms with Crippen LogP contribution in [-0.2, 0) is 0 Å². The Morgan fingerprint density at radius 2 is 1.75 bits per heavy atom. The first-order valence-electron chi connectivity index (χ1n) is 6.60. The molecular formula is C16H24. The van der Waals surface area contributed by atoms with Gasteiger partial charge in [0.25, 0.3) is 0 Å². The molecule has 1 atom stereocenters. The van der Waals surface area contributed by atoms with Crippen LogP contribution in [-0.4, -0.2) is 0 Å². The smallest absolute Gasteiger partial charge is 0.0230 e. The summed E-state index contributed by atoms with van der Waals surface area (Å²) in [7, 11) is 0. The number of hydrogen-bond acceptors (Lipinski definition) is 0. The van der Waals surface area contributed by atoms with Crippen LogP contribution < -0.4 is 0 Å². The van der Waals surface area contributed by atoms with Gasteiger partial charge in [0, 0.05) is 0 Å². The molecule has 0 fully saturated rings. The van der Waals surface area contributed by atoms with Gasteiger partial charge in [-0.05, 0) is 24.3 Å². The molecule has 1 rings (SSSR count). The summed E-state index contributed by atoms with van der Waals surface area (Å²) in [5.41, 5.74) is 1.32. The molecule has 0 aliphatic rings.